The Balaban J connectivity index is 1.32. The summed E-state index contributed by atoms with van der Waals surface area (Å²) in [6, 6.07) is 17.1. The van der Waals surface area contributed by atoms with E-state index in [1.165, 1.54) is 22.3 Å². The van der Waals surface area contributed by atoms with E-state index in [1.54, 1.807) is 26.0 Å². The Morgan fingerprint density at radius 2 is 1.73 bits per heavy atom. The van der Waals surface area contributed by atoms with Crippen LogP contribution in [-0.2, 0) is 21.4 Å². The van der Waals surface area contributed by atoms with Crippen LogP contribution in [0.5, 0.6) is 11.5 Å². The molecular weight excluding hydrogens is 528 g/mol. The third-order valence-corrected chi connectivity index (χ3v) is 8.56. The molecule has 1 saturated heterocycles. The van der Waals surface area contributed by atoms with E-state index in [4.69, 9.17) is 9.47 Å². The number of benzene rings is 3. The summed E-state index contributed by atoms with van der Waals surface area (Å²) >= 11 is 0. The highest BCUT2D eigenvalue weighted by molar-refractivity contribution is 7.88. The van der Waals surface area contributed by atoms with E-state index in [0.29, 0.717) is 24.3 Å². The van der Waals surface area contributed by atoms with Crippen molar-refractivity contribution in [2.24, 2.45) is 0 Å². The average molecular weight is 565 g/mol. The summed E-state index contributed by atoms with van der Waals surface area (Å²) < 4.78 is 40.4. The number of fused-ring (bicyclic) bond motifs is 1. The van der Waals surface area contributed by atoms with E-state index in [1.807, 2.05) is 16.9 Å². The molecule has 2 aliphatic rings. The first-order valence-corrected chi connectivity index (χ1v) is 15.0. The molecule has 5 rings (SSSR count). The summed E-state index contributed by atoms with van der Waals surface area (Å²) in [4.78, 5) is 11.8. The van der Waals surface area contributed by atoms with Gasteiger partial charge in [0.05, 0.1) is 18.2 Å². The molecule has 3 aromatic rings. The van der Waals surface area contributed by atoms with Crippen molar-refractivity contribution in [1.29, 1.82) is 0 Å². The lowest BCUT2D eigenvalue weighted by Gasteiger charge is -2.24. The van der Waals surface area contributed by atoms with Crippen LogP contribution < -0.4 is 18.9 Å². The summed E-state index contributed by atoms with van der Waals surface area (Å²) in [5.74, 6) is 0.970. The molecule has 1 fully saturated rings. The summed E-state index contributed by atoms with van der Waals surface area (Å²) in [5, 5.41) is 9.97. The highest BCUT2D eigenvalue weighted by atomic mass is 32.2. The lowest BCUT2D eigenvalue weighted by molar-refractivity contribution is -0.120. The second-order valence-electron chi connectivity index (χ2n) is 11.3. The Kier molecular flexibility index (Phi) is 7.65. The van der Waals surface area contributed by atoms with Gasteiger partial charge in [-0.15, -0.1) is 0 Å². The predicted molar refractivity (Wildman–Crippen MR) is 153 cm³/mol. The van der Waals surface area contributed by atoms with Crippen molar-refractivity contribution in [3.63, 3.8) is 0 Å². The molecule has 1 aliphatic heterocycles. The molecule has 0 radical (unpaired) electrons. The van der Waals surface area contributed by atoms with Gasteiger partial charge in [-0.1, -0.05) is 30.3 Å². The lowest BCUT2D eigenvalue weighted by atomic mass is 9.90. The average Bonchev–Trinajstić information content (AvgIpc) is 3.25. The number of carbonyl (C=O) groups is 1. The van der Waals surface area contributed by atoms with Gasteiger partial charge in [-0.05, 0) is 104 Å². The summed E-state index contributed by atoms with van der Waals surface area (Å²) in [6.07, 6.45) is 2.26. The fourth-order valence-electron chi connectivity index (χ4n) is 5.59. The van der Waals surface area contributed by atoms with Gasteiger partial charge in [0.25, 0.3) is 0 Å². The largest absolute Gasteiger partial charge is 0.493 e. The summed E-state index contributed by atoms with van der Waals surface area (Å²) in [5.41, 5.74) is 7.09. The van der Waals surface area contributed by atoms with Gasteiger partial charge in [0.15, 0.2) is 0 Å². The molecule has 212 valence electrons. The van der Waals surface area contributed by atoms with Crippen molar-refractivity contribution in [3.05, 3.63) is 82.4 Å². The molecule has 0 spiro atoms. The first-order valence-electron chi connectivity index (χ1n) is 13.6. The smallest absolute Gasteiger partial charge is 0.301 e. The molecule has 0 aromatic heterocycles. The van der Waals surface area contributed by atoms with E-state index in [-0.39, 0.29) is 12.5 Å². The number of rotatable bonds is 8. The highest BCUT2D eigenvalue weighted by Crippen LogP contribution is 2.42. The van der Waals surface area contributed by atoms with Crippen LogP contribution in [0.3, 0.4) is 0 Å². The number of aliphatic hydroxyl groups is 1. The molecule has 3 aromatic carbocycles. The van der Waals surface area contributed by atoms with Crippen molar-refractivity contribution in [3.8, 4) is 22.6 Å². The lowest BCUT2D eigenvalue weighted by Crippen LogP contribution is -2.48. The zero-order chi connectivity index (χ0) is 28.7. The third-order valence-electron chi connectivity index (χ3n) is 7.47. The molecule has 3 N–H and O–H groups in total. The van der Waals surface area contributed by atoms with E-state index in [0.717, 1.165) is 29.7 Å². The van der Waals surface area contributed by atoms with Crippen molar-refractivity contribution >= 4 is 16.1 Å². The minimum absolute atomic E-state index is 0.0466. The first-order chi connectivity index (χ1) is 18.9. The second-order valence-corrected chi connectivity index (χ2v) is 12.8. The van der Waals surface area contributed by atoms with Gasteiger partial charge in [0.1, 0.15) is 17.6 Å². The predicted octanol–water partition coefficient (Wildman–Crippen LogP) is 4.97. The van der Waals surface area contributed by atoms with Crippen LogP contribution in [0.25, 0.3) is 11.1 Å². The van der Waals surface area contributed by atoms with Crippen LogP contribution in [0.2, 0.25) is 0 Å². The minimum Gasteiger partial charge on any atom is -0.493 e. The summed E-state index contributed by atoms with van der Waals surface area (Å²) in [6.45, 7) is 8.22. The molecule has 1 amide bonds. The summed E-state index contributed by atoms with van der Waals surface area (Å²) in [7, 11) is -3.83. The van der Waals surface area contributed by atoms with Crippen LogP contribution in [0, 0.1) is 13.8 Å². The molecule has 1 heterocycles. The van der Waals surface area contributed by atoms with Gasteiger partial charge in [-0.3, -0.25) is 4.79 Å². The van der Waals surface area contributed by atoms with Crippen LogP contribution in [0.4, 0.5) is 0 Å². The fraction of sp³-hybridized carbons (Fsp3) is 0.387. The van der Waals surface area contributed by atoms with E-state index in [9.17, 15) is 18.3 Å². The molecule has 0 saturated carbocycles. The zero-order valence-corrected chi connectivity index (χ0v) is 24.1. The van der Waals surface area contributed by atoms with Crippen LogP contribution in [0.15, 0.2) is 54.6 Å². The van der Waals surface area contributed by atoms with E-state index >= 15 is 0 Å². The number of nitrogens with one attached hydrogen (secondary N) is 2. The molecule has 2 atom stereocenters. The van der Waals surface area contributed by atoms with Gasteiger partial charge in [-0.25, -0.2) is 4.72 Å². The van der Waals surface area contributed by atoms with Crippen LogP contribution >= 0.6 is 0 Å². The second kappa shape index (κ2) is 10.9. The first kappa shape index (κ1) is 28.1. The Morgan fingerprint density at radius 3 is 2.38 bits per heavy atom. The maximum absolute atomic E-state index is 11.8. The molecule has 40 heavy (non-hydrogen) atoms. The zero-order valence-electron chi connectivity index (χ0n) is 23.3. The molecule has 1 aliphatic carbocycles. The van der Waals surface area contributed by atoms with Gasteiger partial charge in [0, 0.05) is 12.8 Å². The minimum atomic E-state index is -3.83. The molecular formula is C31H36N2O6S. The highest BCUT2D eigenvalue weighted by Gasteiger charge is 2.30. The molecule has 8 nitrogen and oxygen atoms in total. The number of hydrogen-bond donors (Lipinski definition) is 3. The number of carbonyl (C=O) groups excluding carboxylic acids is 1. The number of amides is 1. The number of aryl methyl sites for hydroxylation is 2. The Bertz CT molecular complexity index is 1500. The normalized spacial score (nSPS) is 20.1. The number of ether oxygens (including phenoxy) is 2. The van der Waals surface area contributed by atoms with E-state index < -0.39 is 27.8 Å². The van der Waals surface area contributed by atoms with Crippen molar-refractivity contribution < 1.29 is 27.8 Å². The fourth-order valence-corrected chi connectivity index (χ4v) is 6.62. The Labute approximate surface area is 235 Å². The standard InChI is InChI=1S/C31H36N2O6S/c1-19-16-23(38-15-14-31(3,4)35)17-20(2)30(19)26-7-5-6-25-24(26)12-13-28(25)39-22-10-8-21(9-11-22)27-18-29(34)33-40(36,37)32-27/h5-11,16-17,27-28,32,35H,12-15,18H2,1-4H3,(H,33,34)/t27?,28-/m1/s1. The van der Waals surface area contributed by atoms with Gasteiger partial charge in [0.2, 0.25) is 5.91 Å². The van der Waals surface area contributed by atoms with Gasteiger partial charge < -0.3 is 14.6 Å². The monoisotopic (exact) mass is 564 g/mol. The van der Waals surface area contributed by atoms with Crippen LogP contribution in [-0.4, -0.2) is 31.6 Å². The molecule has 0 bridgehead atoms. The SMILES string of the molecule is Cc1cc(OCCC(C)(C)O)cc(C)c1-c1cccc2c1CC[C@H]2Oc1ccc(C2CC(=O)NS(=O)(=O)N2)cc1. The van der Waals surface area contributed by atoms with Crippen molar-refractivity contribution in [2.75, 3.05) is 6.61 Å². The topological polar surface area (TPSA) is 114 Å². The molecule has 1 unspecified atom stereocenters. The van der Waals surface area contributed by atoms with E-state index in [2.05, 4.69) is 48.9 Å². The quantitative estimate of drug-likeness (QED) is 0.356. The maximum Gasteiger partial charge on any atom is 0.301 e. The number of hydrogen-bond acceptors (Lipinski definition) is 6. The van der Waals surface area contributed by atoms with Gasteiger partial charge >= 0.3 is 10.2 Å². The van der Waals surface area contributed by atoms with Crippen LogP contribution in [0.1, 0.15) is 73.1 Å². The maximum atomic E-state index is 11.8. The molecule has 9 heteroatoms. The Morgan fingerprint density at radius 1 is 1.02 bits per heavy atom. The third kappa shape index (κ3) is 6.32. The van der Waals surface area contributed by atoms with Crippen molar-refractivity contribution in [1.82, 2.24) is 9.44 Å². The van der Waals surface area contributed by atoms with Gasteiger partial charge in [-0.2, -0.15) is 13.1 Å². The van der Waals surface area contributed by atoms with Crippen molar-refractivity contribution in [2.45, 2.75) is 71.1 Å². The Hall–Kier alpha value is -3.40.